The van der Waals surface area contributed by atoms with Crippen LogP contribution < -0.4 is 5.32 Å². The molecule has 1 aromatic carbocycles. The van der Waals surface area contributed by atoms with Gasteiger partial charge in [0.15, 0.2) is 11.6 Å². The van der Waals surface area contributed by atoms with Crippen LogP contribution in [0.5, 0.6) is 5.75 Å². The number of phenolic OH excluding ortho intramolecular Hbond substituents is 1. The molecule has 1 aromatic rings. The summed E-state index contributed by atoms with van der Waals surface area (Å²) in [5, 5.41) is 13.7. The maximum absolute atomic E-state index is 14.1. The van der Waals surface area contributed by atoms with Crippen molar-refractivity contribution >= 4 is 15.9 Å². The summed E-state index contributed by atoms with van der Waals surface area (Å²) in [6.07, 6.45) is 1.90. The predicted octanol–water partition coefficient (Wildman–Crippen LogP) is 2.67. The van der Waals surface area contributed by atoms with Crippen LogP contribution in [0.4, 0.5) is 4.39 Å². The third kappa shape index (κ3) is 3.30. The smallest absolute Gasteiger partial charge is 0.179 e. The molecule has 0 amide bonds. The Morgan fingerprint density at radius 1 is 1.27 bits per heavy atom. The standard InChI is InChI=1S/C16H22BrFN2O2/c17-13-2-1-12(16(21)14(13)18)15(11-3-9-22-10-4-11)20-7-5-19-6-8-20/h1-2,11,15,19,21H,3-10H2/t15-/m1/s1. The fourth-order valence-electron chi connectivity index (χ4n) is 3.53. The molecule has 0 bridgehead atoms. The van der Waals surface area contributed by atoms with Crippen LogP contribution in [-0.2, 0) is 4.74 Å². The zero-order chi connectivity index (χ0) is 15.5. The van der Waals surface area contributed by atoms with Crippen molar-refractivity contribution < 1.29 is 14.2 Å². The summed E-state index contributed by atoms with van der Waals surface area (Å²) in [5.74, 6) is -0.396. The molecule has 2 saturated heterocycles. The van der Waals surface area contributed by atoms with Crippen molar-refractivity contribution in [3.63, 3.8) is 0 Å². The number of benzene rings is 1. The molecule has 2 N–H and O–H groups in total. The lowest BCUT2D eigenvalue weighted by atomic mass is 9.85. The molecule has 0 radical (unpaired) electrons. The second kappa shape index (κ2) is 7.25. The van der Waals surface area contributed by atoms with Gasteiger partial charge >= 0.3 is 0 Å². The number of nitrogens with one attached hydrogen (secondary N) is 1. The number of aromatic hydroxyl groups is 1. The first kappa shape index (κ1) is 16.2. The minimum Gasteiger partial charge on any atom is -0.505 e. The number of halogens is 2. The third-order valence-corrected chi connectivity index (χ3v) is 5.29. The molecule has 4 nitrogen and oxygen atoms in total. The summed E-state index contributed by atoms with van der Waals surface area (Å²) in [7, 11) is 0. The van der Waals surface area contributed by atoms with E-state index in [1.54, 1.807) is 6.07 Å². The van der Waals surface area contributed by atoms with Crippen molar-refractivity contribution in [2.75, 3.05) is 39.4 Å². The summed E-state index contributed by atoms with van der Waals surface area (Å²) in [6, 6.07) is 3.59. The first-order valence-electron chi connectivity index (χ1n) is 7.88. The SMILES string of the molecule is Oc1c([C@@H](C2CCOCC2)N2CCNCC2)ccc(Br)c1F. The fourth-order valence-corrected chi connectivity index (χ4v) is 3.85. The molecule has 0 aromatic heterocycles. The second-order valence-electron chi connectivity index (χ2n) is 5.98. The van der Waals surface area contributed by atoms with E-state index < -0.39 is 5.82 Å². The van der Waals surface area contributed by atoms with Gasteiger partial charge in [0.2, 0.25) is 0 Å². The van der Waals surface area contributed by atoms with Gasteiger partial charge in [-0.15, -0.1) is 0 Å². The Bertz CT molecular complexity index is 499. The molecule has 2 aliphatic heterocycles. The minimum absolute atomic E-state index is 0.0496. The normalized spacial score (nSPS) is 22.6. The molecular weight excluding hydrogens is 351 g/mol. The zero-order valence-corrected chi connectivity index (χ0v) is 14.1. The lowest BCUT2D eigenvalue weighted by molar-refractivity contribution is 0.0205. The van der Waals surface area contributed by atoms with Crippen LogP contribution in [0.1, 0.15) is 24.4 Å². The van der Waals surface area contributed by atoms with E-state index >= 15 is 0 Å². The average molecular weight is 373 g/mol. The molecule has 2 heterocycles. The highest BCUT2D eigenvalue weighted by atomic mass is 79.9. The Labute approximate surface area is 138 Å². The summed E-state index contributed by atoms with van der Waals surface area (Å²) >= 11 is 3.14. The molecule has 3 rings (SSSR count). The van der Waals surface area contributed by atoms with Crippen molar-refractivity contribution in [1.82, 2.24) is 10.2 Å². The quantitative estimate of drug-likeness (QED) is 0.855. The van der Waals surface area contributed by atoms with Gasteiger partial charge in [-0.3, -0.25) is 4.90 Å². The number of piperazine rings is 1. The first-order chi connectivity index (χ1) is 10.7. The minimum atomic E-state index is -0.565. The number of ether oxygens (including phenoxy) is 1. The Morgan fingerprint density at radius 3 is 2.64 bits per heavy atom. The Balaban J connectivity index is 1.94. The maximum atomic E-state index is 14.1. The maximum Gasteiger partial charge on any atom is 0.179 e. The molecule has 0 aliphatic carbocycles. The fraction of sp³-hybridized carbons (Fsp3) is 0.625. The van der Waals surface area contributed by atoms with Gasteiger partial charge in [-0.05, 0) is 40.8 Å². The van der Waals surface area contributed by atoms with Gasteiger partial charge in [0.1, 0.15) is 0 Å². The molecule has 0 spiro atoms. The van der Waals surface area contributed by atoms with Gasteiger partial charge in [0, 0.05) is 51.0 Å². The Hall–Kier alpha value is -0.690. The third-order valence-electron chi connectivity index (χ3n) is 4.68. The summed E-state index contributed by atoms with van der Waals surface area (Å²) < 4.78 is 19.9. The second-order valence-corrected chi connectivity index (χ2v) is 6.83. The molecule has 6 heteroatoms. The lowest BCUT2D eigenvalue weighted by Gasteiger charge is -2.41. The molecule has 2 aliphatic rings. The molecule has 122 valence electrons. The number of rotatable bonds is 3. The lowest BCUT2D eigenvalue weighted by Crippen LogP contribution is -2.47. The van der Waals surface area contributed by atoms with E-state index in [1.165, 1.54) is 0 Å². The van der Waals surface area contributed by atoms with Crippen LogP contribution in [0.15, 0.2) is 16.6 Å². The van der Waals surface area contributed by atoms with Gasteiger partial charge < -0.3 is 15.2 Å². The van der Waals surface area contributed by atoms with Crippen molar-refractivity contribution in [2.24, 2.45) is 5.92 Å². The van der Waals surface area contributed by atoms with E-state index in [0.717, 1.165) is 52.2 Å². The van der Waals surface area contributed by atoms with E-state index in [2.05, 4.69) is 26.1 Å². The van der Waals surface area contributed by atoms with Gasteiger partial charge in [-0.2, -0.15) is 0 Å². The summed E-state index contributed by atoms with van der Waals surface area (Å²) in [6.45, 7) is 5.18. The molecule has 1 atom stereocenters. The largest absolute Gasteiger partial charge is 0.505 e. The summed E-state index contributed by atoms with van der Waals surface area (Å²) in [4.78, 5) is 2.37. The van der Waals surface area contributed by atoms with E-state index in [9.17, 15) is 9.50 Å². The van der Waals surface area contributed by atoms with E-state index in [1.807, 2.05) is 6.07 Å². The average Bonchev–Trinajstić information content (AvgIpc) is 2.57. The molecule has 0 saturated carbocycles. The van der Waals surface area contributed by atoms with Crippen molar-refractivity contribution in [2.45, 2.75) is 18.9 Å². The van der Waals surface area contributed by atoms with Crippen molar-refractivity contribution in [1.29, 1.82) is 0 Å². The van der Waals surface area contributed by atoms with Crippen molar-refractivity contribution in [3.8, 4) is 5.75 Å². The van der Waals surface area contributed by atoms with Crippen LogP contribution in [0, 0.1) is 11.7 Å². The van der Waals surface area contributed by atoms with E-state index in [-0.39, 0.29) is 11.8 Å². The Kier molecular flexibility index (Phi) is 5.33. The molecular formula is C16H22BrFN2O2. The highest BCUT2D eigenvalue weighted by molar-refractivity contribution is 9.10. The van der Waals surface area contributed by atoms with Gasteiger partial charge in [-0.1, -0.05) is 6.07 Å². The van der Waals surface area contributed by atoms with Gasteiger partial charge in [0.25, 0.3) is 0 Å². The molecule has 0 unspecified atom stereocenters. The van der Waals surface area contributed by atoms with Gasteiger partial charge in [0.05, 0.1) is 4.47 Å². The first-order valence-corrected chi connectivity index (χ1v) is 8.67. The Morgan fingerprint density at radius 2 is 1.95 bits per heavy atom. The predicted molar refractivity (Wildman–Crippen MR) is 86.5 cm³/mol. The molecule has 22 heavy (non-hydrogen) atoms. The van der Waals surface area contributed by atoms with Crippen molar-refractivity contribution in [3.05, 3.63) is 28.0 Å². The van der Waals surface area contributed by atoms with E-state index in [0.29, 0.717) is 16.0 Å². The van der Waals surface area contributed by atoms with Crippen LogP contribution in [0.2, 0.25) is 0 Å². The number of phenols is 1. The van der Waals surface area contributed by atoms with Crippen LogP contribution in [-0.4, -0.2) is 49.4 Å². The van der Waals surface area contributed by atoms with Crippen LogP contribution in [0.3, 0.4) is 0 Å². The van der Waals surface area contributed by atoms with Crippen LogP contribution >= 0.6 is 15.9 Å². The monoisotopic (exact) mass is 372 g/mol. The zero-order valence-electron chi connectivity index (χ0n) is 12.5. The van der Waals surface area contributed by atoms with Crippen LogP contribution in [0.25, 0.3) is 0 Å². The number of hydrogen-bond donors (Lipinski definition) is 2. The topological polar surface area (TPSA) is 44.7 Å². The number of nitrogens with zero attached hydrogens (tertiary/aromatic N) is 1. The number of hydrogen-bond acceptors (Lipinski definition) is 4. The van der Waals surface area contributed by atoms with Gasteiger partial charge in [-0.25, -0.2) is 4.39 Å². The van der Waals surface area contributed by atoms with E-state index in [4.69, 9.17) is 4.74 Å². The summed E-state index contributed by atoms with van der Waals surface area (Å²) in [5.41, 5.74) is 0.703. The molecule has 2 fully saturated rings. The highest BCUT2D eigenvalue weighted by Crippen LogP contribution is 2.41. The highest BCUT2D eigenvalue weighted by Gasteiger charge is 2.33.